The van der Waals surface area contributed by atoms with Gasteiger partial charge >= 0.3 is 0 Å². The number of nitrogens with zero attached hydrogens (tertiary/aromatic N) is 3. The summed E-state index contributed by atoms with van der Waals surface area (Å²) in [5.41, 5.74) is 5.93. The van der Waals surface area contributed by atoms with Gasteiger partial charge in [-0.2, -0.15) is 0 Å². The molecule has 35 heavy (non-hydrogen) atoms. The molecule has 0 saturated carbocycles. The number of hydrogen-bond acceptors (Lipinski definition) is 5. The monoisotopic (exact) mass is 483 g/mol. The van der Waals surface area contributed by atoms with Crippen LogP contribution in [0.3, 0.4) is 0 Å². The molecule has 0 aliphatic carbocycles. The Morgan fingerprint density at radius 1 is 1.06 bits per heavy atom. The molecule has 2 aromatic carbocycles. The van der Waals surface area contributed by atoms with Gasteiger partial charge in [-0.05, 0) is 60.7 Å². The van der Waals surface area contributed by atoms with Crippen molar-refractivity contribution >= 4 is 22.9 Å². The summed E-state index contributed by atoms with van der Waals surface area (Å²) in [5, 5.41) is 0.882. The molecule has 0 fully saturated rings. The summed E-state index contributed by atoms with van der Waals surface area (Å²) in [4.78, 5) is 25.5. The zero-order chi connectivity index (χ0) is 24.7. The van der Waals surface area contributed by atoms with Crippen molar-refractivity contribution in [1.29, 1.82) is 0 Å². The van der Waals surface area contributed by atoms with E-state index >= 15 is 0 Å². The molecule has 6 heteroatoms. The molecular weight excluding hydrogens is 454 g/mol. The van der Waals surface area contributed by atoms with E-state index in [1.54, 1.807) is 24.5 Å². The van der Waals surface area contributed by atoms with E-state index in [-0.39, 0.29) is 11.3 Å². The SMILES string of the molecule is Cc1sc(-c2ccccn2)nc1-c1ccc2c(c1)N(Cc1ccc(C(C)(C)C)cc1)C(=O)C(C)O2. The Hall–Kier alpha value is -3.51. The van der Waals surface area contributed by atoms with Gasteiger partial charge in [0, 0.05) is 16.6 Å². The van der Waals surface area contributed by atoms with Gasteiger partial charge in [-0.3, -0.25) is 9.78 Å². The van der Waals surface area contributed by atoms with E-state index in [9.17, 15) is 4.79 Å². The number of fused-ring (bicyclic) bond motifs is 1. The highest BCUT2D eigenvalue weighted by molar-refractivity contribution is 7.15. The van der Waals surface area contributed by atoms with Crippen LogP contribution in [0.4, 0.5) is 5.69 Å². The number of carbonyl (C=O) groups is 1. The molecule has 0 bridgehead atoms. The predicted molar refractivity (Wildman–Crippen MR) is 142 cm³/mol. The maximum absolute atomic E-state index is 13.2. The second-order valence-corrected chi connectivity index (χ2v) is 11.2. The van der Waals surface area contributed by atoms with Crippen LogP contribution in [0, 0.1) is 6.92 Å². The number of aromatic nitrogens is 2. The minimum absolute atomic E-state index is 0.0428. The number of hydrogen-bond donors (Lipinski definition) is 0. The maximum Gasteiger partial charge on any atom is 0.268 e. The highest BCUT2D eigenvalue weighted by atomic mass is 32.1. The molecule has 0 radical (unpaired) electrons. The van der Waals surface area contributed by atoms with E-state index in [2.05, 4.69) is 56.9 Å². The van der Waals surface area contributed by atoms with E-state index in [1.807, 2.05) is 41.3 Å². The summed E-state index contributed by atoms with van der Waals surface area (Å²) in [6, 6.07) is 20.3. The zero-order valence-electron chi connectivity index (χ0n) is 20.7. The van der Waals surface area contributed by atoms with Crippen molar-refractivity contribution in [2.24, 2.45) is 0 Å². The van der Waals surface area contributed by atoms with Crippen molar-refractivity contribution in [2.45, 2.75) is 52.7 Å². The first-order chi connectivity index (χ1) is 16.7. The minimum Gasteiger partial charge on any atom is -0.479 e. The number of aryl methyl sites for hydroxylation is 1. The number of benzene rings is 2. The number of ether oxygens (including phenoxy) is 1. The van der Waals surface area contributed by atoms with Crippen molar-refractivity contribution < 1.29 is 9.53 Å². The topological polar surface area (TPSA) is 55.3 Å². The normalized spacial score (nSPS) is 15.6. The summed E-state index contributed by atoms with van der Waals surface area (Å²) in [7, 11) is 0. The molecule has 0 spiro atoms. The smallest absolute Gasteiger partial charge is 0.268 e. The van der Waals surface area contributed by atoms with Crippen LogP contribution >= 0.6 is 11.3 Å². The van der Waals surface area contributed by atoms with Crippen LogP contribution in [-0.2, 0) is 16.8 Å². The quantitative estimate of drug-likeness (QED) is 0.321. The van der Waals surface area contributed by atoms with Gasteiger partial charge in [0.1, 0.15) is 10.8 Å². The molecule has 1 amide bonds. The number of amides is 1. The lowest BCUT2D eigenvalue weighted by Crippen LogP contribution is -2.44. The van der Waals surface area contributed by atoms with Crippen molar-refractivity contribution in [3.05, 3.63) is 82.9 Å². The molecule has 5 nitrogen and oxygen atoms in total. The zero-order valence-corrected chi connectivity index (χ0v) is 21.5. The van der Waals surface area contributed by atoms with E-state index < -0.39 is 6.10 Å². The Bertz CT molecular complexity index is 1370. The van der Waals surface area contributed by atoms with Gasteiger partial charge in [-0.1, -0.05) is 51.1 Å². The fourth-order valence-electron chi connectivity index (χ4n) is 4.27. The van der Waals surface area contributed by atoms with Gasteiger partial charge in [-0.15, -0.1) is 11.3 Å². The fourth-order valence-corrected chi connectivity index (χ4v) is 5.19. The summed E-state index contributed by atoms with van der Waals surface area (Å²) < 4.78 is 5.95. The first-order valence-corrected chi connectivity index (χ1v) is 12.6. The van der Waals surface area contributed by atoms with Crippen LogP contribution in [0.25, 0.3) is 22.0 Å². The third-order valence-corrected chi connectivity index (χ3v) is 7.28. The van der Waals surface area contributed by atoms with Gasteiger partial charge < -0.3 is 9.64 Å². The standard InChI is InChI=1S/C29H29N3O2S/c1-18-28(33)32(17-20-9-12-22(13-10-20)29(3,4)5)24-16-21(11-14-25(24)34-18)26-19(2)35-27(31-26)23-8-6-7-15-30-23/h6-16,18H,17H2,1-5H3. The van der Waals surface area contributed by atoms with E-state index in [1.165, 1.54) is 5.56 Å². The number of anilines is 1. The van der Waals surface area contributed by atoms with Crippen LogP contribution in [0.1, 0.15) is 43.7 Å². The number of thiazole rings is 1. The fraction of sp³-hybridized carbons (Fsp3) is 0.276. The lowest BCUT2D eigenvalue weighted by Gasteiger charge is -2.33. The summed E-state index contributed by atoms with van der Waals surface area (Å²) >= 11 is 1.62. The predicted octanol–water partition coefficient (Wildman–Crippen LogP) is 6.79. The summed E-state index contributed by atoms with van der Waals surface area (Å²) in [6.07, 6.45) is 1.25. The van der Waals surface area contributed by atoms with E-state index in [0.717, 1.165) is 38.1 Å². The van der Waals surface area contributed by atoms with Gasteiger partial charge in [0.05, 0.1) is 23.6 Å². The van der Waals surface area contributed by atoms with Crippen LogP contribution in [0.2, 0.25) is 0 Å². The maximum atomic E-state index is 13.2. The van der Waals surface area contributed by atoms with Gasteiger partial charge in [0.15, 0.2) is 6.10 Å². The van der Waals surface area contributed by atoms with E-state index in [4.69, 9.17) is 9.72 Å². The highest BCUT2D eigenvalue weighted by Crippen LogP contribution is 2.40. The van der Waals surface area contributed by atoms with Crippen molar-refractivity contribution in [1.82, 2.24) is 9.97 Å². The molecule has 1 aliphatic heterocycles. The average molecular weight is 484 g/mol. The molecule has 1 atom stereocenters. The third-order valence-electron chi connectivity index (χ3n) is 6.28. The molecule has 1 unspecified atom stereocenters. The van der Waals surface area contributed by atoms with E-state index in [0.29, 0.717) is 12.3 Å². The molecule has 5 rings (SSSR count). The average Bonchev–Trinajstić information content (AvgIpc) is 3.24. The Balaban J connectivity index is 1.50. The first kappa shape index (κ1) is 23.2. The molecule has 0 saturated heterocycles. The molecule has 1 aliphatic rings. The molecular formula is C29H29N3O2S. The Labute approximate surface area is 210 Å². The molecule has 178 valence electrons. The van der Waals surface area contributed by atoms with Crippen LogP contribution in [0.5, 0.6) is 5.75 Å². The number of rotatable bonds is 4. The van der Waals surface area contributed by atoms with Crippen LogP contribution in [0.15, 0.2) is 66.9 Å². The molecule has 2 aromatic heterocycles. The molecule has 4 aromatic rings. The van der Waals surface area contributed by atoms with Crippen molar-refractivity contribution in [2.75, 3.05) is 4.90 Å². The summed E-state index contributed by atoms with van der Waals surface area (Å²) in [5.74, 6) is 0.670. The lowest BCUT2D eigenvalue weighted by molar-refractivity contribution is -0.125. The molecule has 3 heterocycles. The Kier molecular flexibility index (Phi) is 5.93. The number of pyridine rings is 1. The Morgan fingerprint density at radius 3 is 2.51 bits per heavy atom. The summed E-state index contributed by atoms with van der Waals surface area (Å²) in [6.45, 7) is 11.0. The number of carbonyl (C=O) groups excluding carboxylic acids is 1. The van der Waals surface area contributed by atoms with Crippen LogP contribution in [-0.4, -0.2) is 22.0 Å². The highest BCUT2D eigenvalue weighted by Gasteiger charge is 2.32. The third kappa shape index (κ3) is 4.58. The van der Waals surface area contributed by atoms with Crippen molar-refractivity contribution in [3.63, 3.8) is 0 Å². The largest absolute Gasteiger partial charge is 0.479 e. The van der Waals surface area contributed by atoms with Gasteiger partial charge in [-0.25, -0.2) is 4.98 Å². The second-order valence-electron chi connectivity index (χ2n) is 9.95. The lowest BCUT2D eigenvalue weighted by atomic mass is 9.86. The second kappa shape index (κ2) is 8.93. The van der Waals surface area contributed by atoms with Crippen LogP contribution < -0.4 is 9.64 Å². The first-order valence-electron chi connectivity index (χ1n) is 11.8. The molecule has 0 N–H and O–H groups in total. The minimum atomic E-state index is -0.529. The Morgan fingerprint density at radius 2 is 1.83 bits per heavy atom. The van der Waals surface area contributed by atoms with Crippen molar-refractivity contribution in [3.8, 4) is 27.7 Å². The van der Waals surface area contributed by atoms with Gasteiger partial charge in [0.2, 0.25) is 0 Å². The van der Waals surface area contributed by atoms with Gasteiger partial charge in [0.25, 0.3) is 5.91 Å².